The van der Waals surface area contributed by atoms with Crippen molar-refractivity contribution in [3.63, 3.8) is 0 Å². The summed E-state index contributed by atoms with van der Waals surface area (Å²) in [6.07, 6.45) is 4.06. The highest BCUT2D eigenvalue weighted by molar-refractivity contribution is 9.10. The SMILES string of the molecule is CC1CCC(O)(c2ccc(Br)cc2)CC1. The molecule has 0 aromatic heterocycles. The lowest BCUT2D eigenvalue weighted by Crippen LogP contribution is -2.30. The van der Waals surface area contributed by atoms with Crippen molar-refractivity contribution in [2.24, 2.45) is 5.92 Å². The lowest BCUT2D eigenvalue weighted by molar-refractivity contribution is -0.0120. The fourth-order valence-electron chi connectivity index (χ4n) is 2.29. The Balaban J connectivity index is 2.18. The van der Waals surface area contributed by atoms with Gasteiger partial charge in [0.2, 0.25) is 0 Å². The maximum atomic E-state index is 10.5. The van der Waals surface area contributed by atoms with Crippen LogP contribution in [-0.4, -0.2) is 5.11 Å². The number of hydrogen-bond donors (Lipinski definition) is 1. The van der Waals surface area contributed by atoms with Gasteiger partial charge in [-0.25, -0.2) is 0 Å². The summed E-state index contributed by atoms with van der Waals surface area (Å²) in [7, 11) is 0. The van der Waals surface area contributed by atoms with Gasteiger partial charge < -0.3 is 5.11 Å². The van der Waals surface area contributed by atoms with E-state index in [-0.39, 0.29) is 0 Å². The molecule has 0 atom stereocenters. The van der Waals surface area contributed by atoms with Gasteiger partial charge in [-0.2, -0.15) is 0 Å². The van der Waals surface area contributed by atoms with Crippen LogP contribution < -0.4 is 0 Å². The summed E-state index contributed by atoms with van der Waals surface area (Å²) in [5, 5.41) is 10.5. The number of halogens is 1. The minimum absolute atomic E-state index is 0.576. The minimum Gasteiger partial charge on any atom is -0.385 e. The minimum atomic E-state index is -0.576. The van der Waals surface area contributed by atoms with Gasteiger partial charge in [-0.3, -0.25) is 0 Å². The maximum absolute atomic E-state index is 10.5. The van der Waals surface area contributed by atoms with Gasteiger partial charge in [-0.05, 0) is 49.3 Å². The van der Waals surface area contributed by atoms with Crippen molar-refractivity contribution in [2.45, 2.75) is 38.2 Å². The number of rotatable bonds is 1. The van der Waals surface area contributed by atoms with Gasteiger partial charge in [-0.15, -0.1) is 0 Å². The fourth-order valence-corrected chi connectivity index (χ4v) is 2.55. The van der Waals surface area contributed by atoms with E-state index in [9.17, 15) is 5.11 Å². The Hall–Kier alpha value is -0.340. The summed E-state index contributed by atoms with van der Waals surface area (Å²) in [6.45, 7) is 2.27. The van der Waals surface area contributed by atoms with Gasteiger partial charge in [-0.1, -0.05) is 35.0 Å². The standard InChI is InChI=1S/C13H17BrO/c1-10-6-8-13(15,9-7-10)11-2-4-12(14)5-3-11/h2-5,10,15H,6-9H2,1H3. The molecule has 1 N–H and O–H groups in total. The van der Waals surface area contributed by atoms with E-state index in [1.165, 1.54) is 0 Å². The third-order valence-electron chi connectivity index (χ3n) is 3.48. The zero-order valence-corrected chi connectivity index (χ0v) is 10.6. The van der Waals surface area contributed by atoms with Crippen LogP contribution in [0.2, 0.25) is 0 Å². The van der Waals surface area contributed by atoms with Crippen molar-refractivity contribution in [2.75, 3.05) is 0 Å². The summed E-state index contributed by atoms with van der Waals surface area (Å²) in [5.74, 6) is 0.765. The molecule has 1 nitrogen and oxygen atoms in total. The van der Waals surface area contributed by atoms with E-state index in [1.54, 1.807) is 0 Å². The van der Waals surface area contributed by atoms with E-state index in [4.69, 9.17) is 0 Å². The molecule has 0 unspecified atom stereocenters. The van der Waals surface area contributed by atoms with Gasteiger partial charge in [0.25, 0.3) is 0 Å². The predicted octanol–water partition coefficient (Wildman–Crippen LogP) is 3.85. The number of benzene rings is 1. The van der Waals surface area contributed by atoms with Crippen molar-refractivity contribution >= 4 is 15.9 Å². The highest BCUT2D eigenvalue weighted by Gasteiger charge is 2.33. The van der Waals surface area contributed by atoms with Gasteiger partial charge >= 0.3 is 0 Å². The second-order valence-electron chi connectivity index (χ2n) is 4.72. The van der Waals surface area contributed by atoms with Crippen LogP contribution in [0.25, 0.3) is 0 Å². The largest absolute Gasteiger partial charge is 0.385 e. The van der Waals surface area contributed by atoms with Crippen LogP contribution in [0, 0.1) is 5.92 Å². The topological polar surface area (TPSA) is 20.2 Å². The van der Waals surface area contributed by atoms with Crippen LogP contribution in [0.4, 0.5) is 0 Å². The third kappa shape index (κ3) is 2.43. The first-order chi connectivity index (χ1) is 7.10. The summed E-state index contributed by atoms with van der Waals surface area (Å²) in [4.78, 5) is 0. The van der Waals surface area contributed by atoms with Gasteiger partial charge in [0.05, 0.1) is 5.60 Å². The van der Waals surface area contributed by atoms with E-state index in [1.807, 2.05) is 24.3 Å². The Labute approximate surface area is 99.6 Å². The van der Waals surface area contributed by atoms with Gasteiger partial charge in [0.15, 0.2) is 0 Å². The van der Waals surface area contributed by atoms with Crippen LogP contribution in [0.1, 0.15) is 38.2 Å². The predicted molar refractivity (Wildman–Crippen MR) is 65.7 cm³/mol. The molecule has 1 aromatic rings. The normalized spacial score (nSPS) is 31.5. The Morgan fingerprint density at radius 3 is 2.27 bits per heavy atom. The van der Waals surface area contributed by atoms with Crippen LogP contribution >= 0.6 is 15.9 Å². The average Bonchev–Trinajstić information content (AvgIpc) is 2.24. The Bertz CT molecular complexity index is 323. The molecule has 0 bridgehead atoms. The highest BCUT2D eigenvalue weighted by atomic mass is 79.9. The fraction of sp³-hybridized carbons (Fsp3) is 0.538. The highest BCUT2D eigenvalue weighted by Crippen LogP contribution is 2.39. The molecule has 0 spiro atoms. The lowest BCUT2D eigenvalue weighted by atomic mass is 9.76. The first-order valence-corrected chi connectivity index (χ1v) is 6.38. The molecule has 1 aliphatic rings. The van der Waals surface area contributed by atoms with Crippen LogP contribution in [0.15, 0.2) is 28.7 Å². The molecule has 0 saturated heterocycles. The zero-order valence-electron chi connectivity index (χ0n) is 9.04. The summed E-state index contributed by atoms with van der Waals surface area (Å²) in [6, 6.07) is 8.07. The molecular weight excluding hydrogens is 252 g/mol. The van der Waals surface area contributed by atoms with E-state index in [0.717, 1.165) is 41.6 Å². The summed E-state index contributed by atoms with van der Waals surface area (Å²) < 4.78 is 1.07. The molecule has 1 saturated carbocycles. The van der Waals surface area contributed by atoms with Crippen molar-refractivity contribution in [1.29, 1.82) is 0 Å². The van der Waals surface area contributed by atoms with Crippen LogP contribution in [-0.2, 0) is 5.60 Å². The molecule has 1 aromatic carbocycles. The Kier molecular flexibility index (Phi) is 3.17. The smallest absolute Gasteiger partial charge is 0.0896 e. The maximum Gasteiger partial charge on any atom is 0.0896 e. The number of aliphatic hydroxyl groups is 1. The number of hydrogen-bond acceptors (Lipinski definition) is 1. The first kappa shape index (κ1) is 11.2. The average molecular weight is 269 g/mol. The van der Waals surface area contributed by atoms with Crippen molar-refractivity contribution in [3.05, 3.63) is 34.3 Å². The Morgan fingerprint density at radius 2 is 1.73 bits per heavy atom. The second-order valence-corrected chi connectivity index (χ2v) is 5.64. The molecular formula is C13H17BrO. The molecule has 82 valence electrons. The molecule has 0 radical (unpaired) electrons. The van der Waals surface area contributed by atoms with Gasteiger partial charge in [0.1, 0.15) is 0 Å². The molecule has 0 heterocycles. The summed E-state index contributed by atoms with van der Waals surface area (Å²) in [5.41, 5.74) is 0.491. The van der Waals surface area contributed by atoms with Crippen molar-refractivity contribution < 1.29 is 5.11 Å². The Morgan fingerprint density at radius 1 is 1.20 bits per heavy atom. The van der Waals surface area contributed by atoms with Crippen LogP contribution in [0.5, 0.6) is 0 Å². The molecule has 15 heavy (non-hydrogen) atoms. The van der Waals surface area contributed by atoms with E-state index in [0.29, 0.717) is 0 Å². The lowest BCUT2D eigenvalue weighted by Gasteiger charge is -2.35. The zero-order chi connectivity index (χ0) is 10.9. The molecule has 0 amide bonds. The monoisotopic (exact) mass is 268 g/mol. The molecule has 1 aliphatic carbocycles. The molecule has 1 fully saturated rings. The molecule has 2 heteroatoms. The first-order valence-electron chi connectivity index (χ1n) is 5.58. The van der Waals surface area contributed by atoms with Crippen molar-refractivity contribution in [3.8, 4) is 0 Å². The second kappa shape index (κ2) is 4.26. The van der Waals surface area contributed by atoms with E-state index < -0.39 is 5.60 Å². The summed E-state index contributed by atoms with van der Waals surface area (Å²) >= 11 is 3.41. The van der Waals surface area contributed by atoms with Crippen LogP contribution in [0.3, 0.4) is 0 Å². The van der Waals surface area contributed by atoms with E-state index in [2.05, 4.69) is 22.9 Å². The molecule has 0 aliphatic heterocycles. The van der Waals surface area contributed by atoms with Gasteiger partial charge in [0, 0.05) is 4.47 Å². The van der Waals surface area contributed by atoms with E-state index >= 15 is 0 Å². The molecule has 2 rings (SSSR count). The quantitative estimate of drug-likeness (QED) is 0.821. The third-order valence-corrected chi connectivity index (χ3v) is 4.01. The van der Waals surface area contributed by atoms with Crippen molar-refractivity contribution in [1.82, 2.24) is 0 Å².